The van der Waals surface area contributed by atoms with Crippen LogP contribution in [0, 0.1) is 5.92 Å². The fraction of sp³-hybridized carbons (Fsp3) is 0.308. The highest BCUT2D eigenvalue weighted by Gasteiger charge is 2.00. The average Bonchev–Trinajstić information content (AvgIpc) is 2.16. The summed E-state index contributed by atoms with van der Waals surface area (Å²) in [5.74, 6) is 0.680. The fourth-order valence-electron chi connectivity index (χ4n) is 1.76. The van der Waals surface area contributed by atoms with Crippen molar-refractivity contribution in [2.45, 2.75) is 20.3 Å². The topological polar surface area (TPSA) is 12.9 Å². The van der Waals surface area contributed by atoms with Gasteiger partial charge in [0, 0.05) is 11.6 Å². The van der Waals surface area contributed by atoms with Crippen molar-refractivity contribution in [3.8, 4) is 0 Å². The summed E-state index contributed by atoms with van der Waals surface area (Å²) < 4.78 is 0. The normalized spacial score (nSPS) is 11.2. The van der Waals surface area contributed by atoms with Gasteiger partial charge in [-0.15, -0.1) is 0 Å². The quantitative estimate of drug-likeness (QED) is 0.694. The minimum atomic E-state index is 0.559. The van der Waals surface area contributed by atoms with Crippen LogP contribution in [0.4, 0.5) is 0 Å². The summed E-state index contributed by atoms with van der Waals surface area (Å²) in [6.07, 6.45) is 2.92. The van der Waals surface area contributed by atoms with E-state index in [0.29, 0.717) is 11.1 Å². The van der Waals surface area contributed by atoms with Crippen LogP contribution >= 0.6 is 11.6 Å². The van der Waals surface area contributed by atoms with Crippen molar-refractivity contribution < 1.29 is 0 Å². The summed E-state index contributed by atoms with van der Waals surface area (Å²) in [5, 5.41) is 2.88. The lowest BCUT2D eigenvalue weighted by Gasteiger charge is -2.06. The molecule has 0 N–H and O–H groups in total. The number of fused-ring (bicyclic) bond motifs is 1. The number of aromatic nitrogens is 1. The average molecular weight is 220 g/mol. The summed E-state index contributed by atoms with van der Waals surface area (Å²) in [6.45, 7) is 4.45. The van der Waals surface area contributed by atoms with E-state index in [1.807, 2.05) is 12.3 Å². The molecule has 15 heavy (non-hydrogen) atoms. The Morgan fingerprint density at radius 3 is 2.73 bits per heavy atom. The van der Waals surface area contributed by atoms with Gasteiger partial charge in [0.05, 0.1) is 0 Å². The third-order valence-electron chi connectivity index (χ3n) is 2.40. The van der Waals surface area contributed by atoms with Gasteiger partial charge in [-0.05, 0) is 29.4 Å². The molecule has 0 aliphatic heterocycles. The zero-order chi connectivity index (χ0) is 10.8. The second-order valence-electron chi connectivity index (χ2n) is 4.29. The van der Waals surface area contributed by atoms with Crippen LogP contribution in [0.2, 0.25) is 5.15 Å². The highest BCUT2D eigenvalue weighted by molar-refractivity contribution is 6.30. The molecule has 2 aromatic rings. The minimum Gasteiger partial charge on any atom is -0.244 e. The van der Waals surface area contributed by atoms with E-state index in [4.69, 9.17) is 11.6 Å². The van der Waals surface area contributed by atoms with Crippen molar-refractivity contribution in [2.75, 3.05) is 0 Å². The van der Waals surface area contributed by atoms with E-state index in [9.17, 15) is 0 Å². The molecule has 0 amide bonds. The third kappa shape index (κ3) is 2.48. The van der Waals surface area contributed by atoms with Crippen molar-refractivity contribution in [3.05, 3.63) is 41.2 Å². The predicted octanol–water partition coefficient (Wildman–Crippen LogP) is 4.09. The Labute approximate surface area is 95.1 Å². The van der Waals surface area contributed by atoms with Gasteiger partial charge in [0.25, 0.3) is 0 Å². The Bertz CT molecular complexity index is 477. The summed E-state index contributed by atoms with van der Waals surface area (Å²) >= 11 is 5.87. The Hall–Kier alpha value is -1.08. The zero-order valence-corrected chi connectivity index (χ0v) is 9.75. The molecule has 0 saturated heterocycles. The molecular formula is C13H14ClN. The maximum atomic E-state index is 5.87. The van der Waals surface area contributed by atoms with Crippen molar-refractivity contribution in [1.82, 2.24) is 4.98 Å². The molecule has 1 heterocycles. The van der Waals surface area contributed by atoms with Gasteiger partial charge < -0.3 is 0 Å². The maximum Gasteiger partial charge on any atom is 0.129 e. The molecule has 78 valence electrons. The van der Waals surface area contributed by atoms with Gasteiger partial charge in [-0.1, -0.05) is 43.6 Å². The number of halogens is 1. The molecule has 0 aliphatic rings. The standard InChI is InChI=1S/C13H14ClN/c1-9(2)5-10-3-4-11-8-15-13(14)7-12(11)6-10/h3-4,6-9H,5H2,1-2H3. The largest absolute Gasteiger partial charge is 0.244 e. The Kier molecular flexibility index (Phi) is 2.92. The van der Waals surface area contributed by atoms with Crippen LogP contribution in [-0.2, 0) is 6.42 Å². The highest BCUT2D eigenvalue weighted by atomic mass is 35.5. The smallest absolute Gasteiger partial charge is 0.129 e. The van der Waals surface area contributed by atoms with Crippen LogP contribution in [0.15, 0.2) is 30.5 Å². The molecule has 0 radical (unpaired) electrons. The van der Waals surface area contributed by atoms with Gasteiger partial charge >= 0.3 is 0 Å². The van der Waals surface area contributed by atoms with Crippen LogP contribution in [-0.4, -0.2) is 4.98 Å². The second kappa shape index (κ2) is 4.19. The van der Waals surface area contributed by atoms with Gasteiger partial charge in [-0.3, -0.25) is 0 Å². The van der Waals surface area contributed by atoms with Crippen molar-refractivity contribution >= 4 is 22.4 Å². The van der Waals surface area contributed by atoms with E-state index in [1.165, 1.54) is 10.9 Å². The molecule has 0 fully saturated rings. The fourth-order valence-corrected chi connectivity index (χ4v) is 1.93. The first kappa shape index (κ1) is 10.4. The van der Waals surface area contributed by atoms with Gasteiger partial charge in [-0.2, -0.15) is 0 Å². The Morgan fingerprint density at radius 2 is 2.00 bits per heavy atom. The first-order valence-electron chi connectivity index (χ1n) is 5.19. The van der Waals surface area contributed by atoms with Crippen LogP contribution in [0.3, 0.4) is 0 Å². The van der Waals surface area contributed by atoms with Crippen molar-refractivity contribution in [3.63, 3.8) is 0 Å². The van der Waals surface area contributed by atoms with Crippen LogP contribution < -0.4 is 0 Å². The molecule has 0 aliphatic carbocycles. The lowest BCUT2D eigenvalue weighted by Crippen LogP contribution is -1.93. The van der Waals surface area contributed by atoms with E-state index in [-0.39, 0.29) is 0 Å². The van der Waals surface area contributed by atoms with E-state index in [0.717, 1.165) is 11.8 Å². The van der Waals surface area contributed by atoms with Crippen LogP contribution in [0.1, 0.15) is 19.4 Å². The molecule has 0 spiro atoms. The summed E-state index contributed by atoms with van der Waals surface area (Å²) in [6, 6.07) is 8.39. The molecule has 1 aromatic heterocycles. The molecular weight excluding hydrogens is 206 g/mol. The van der Waals surface area contributed by atoms with E-state index >= 15 is 0 Å². The predicted molar refractivity (Wildman–Crippen MR) is 65.3 cm³/mol. The lowest BCUT2D eigenvalue weighted by atomic mass is 10.0. The van der Waals surface area contributed by atoms with Gasteiger partial charge in [0.2, 0.25) is 0 Å². The zero-order valence-electron chi connectivity index (χ0n) is 9.00. The number of hydrogen-bond acceptors (Lipinski definition) is 1. The summed E-state index contributed by atoms with van der Waals surface area (Å²) in [4.78, 5) is 4.06. The van der Waals surface area contributed by atoms with Gasteiger partial charge in [0.1, 0.15) is 5.15 Å². The third-order valence-corrected chi connectivity index (χ3v) is 2.60. The van der Waals surface area contributed by atoms with Crippen LogP contribution in [0.25, 0.3) is 10.8 Å². The van der Waals surface area contributed by atoms with E-state index in [1.54, 1.807) is 0 Å². The molecule has 0 saturated carbocycles. The number of nitrogens with zero attached hydrogens (tertiary/aromatic N) is 1. The lowest BCUT2D eigenvalue weighted by molar-refractivity contribution is 0.648. The first-order chi connectivity index (χ1) is 7.15. The maximum absolute atomic E-state index is 5.87. The van der Waals surface area contributed by atoms with E-state index in [2.05, 4.69) is 37.0 Å². The summed E-state index contributed by atoms with van der Waals surface area (Å²) in [5.41, 5.74) is 1.36. The highest BCUT2D eigenvalue weighted by Crippen LogP contribution is 2.19. The van der Waals surface area contributed by atoms with Crippen molar-refractivity contribution in [2.24, 2.45) is 5.92 Å². The SMILES string of the molecule is CC(C)Cc1ccc2cnc(Cl)cc2c1. The molecule has 2 rings (SSSR count). The molecule has 0 unspecified atom stereocenters. The molecule has 2 heteroatoms. The monoisotopic (exact) mass is 219 g/mol. The van der Waals surface area contributed by atoms with Gasteiger partial charge in [0.15, 0.2) is 0 Å². The number of benzene rings is 1. The minimum absolute atomic E-state index is 0.559. The van der Waals surface area contributed by atoms with Gasteiger partial charge in [-0.25, -0.2) is 4.98 Å². The van der Waals surface area contributed by atoms with Crippen LogP contribution in [0.5, 0.6) is 0 Å². The Balaban J connectivity index is 2.45. The Morgan fingerprint density at radius 1 is 1.20 bits per heavy atom. The number of hydrogen-bond donors (Lipinski definition) is 0. The van der Waals surface area contributed by atoms with Crippen molar-refractivity contribution in [1.29, 1.82) is 0 Å². The number of pyridine rings is 1. The molecule has 0 atom stereocenters. The number of rotatable bonds is 2. The first-order valence-corrected chi connectivity index (χ1v) is 5.57. The molecule has 1 nitrogen and oxygen atoms in total. The second-order valence-corrected chi connectivity index (χ2v) is 4.67. The molecule has 1 aromatic carbocycles. The molecule has 0 bridgehead atoms. The summed E-state index contributed by atoms with van der Waals surface area (Å²) in [7, 11) is 0. The van der Waals surface area contributed by atoms with E-state index < -0.39 is 0 Å².